The van der Waals surface area contributed by atoms with Crippen LogP contribution in [-0.4, -0.2) is 19.1 Å². The number of anilines is 1. The van der Waals surface area contributed by atoms with Crippen LogP contribution in [0.5, 0.6) is 0 Å². The Bertz CT molecular complexity index is 532. The second-order valence-electron chi connectivity index (χ2n) is 5.26. The molecule has 1 saturated heterocycles. The standard InChI is InChI=1S/C15H18F3N3/c16-15(17,18)14-5-4-13(9-11(14)10-20)21-8-2-1-3-12(21)6-7-19/h4-5,9,12H,1-3,6-8,19H2. The summed E-state index contributed by atoms with van der Waals surface area (Å²) in [5.41, 5.74) is 5.09. The summed E-state index contributed by atoms with van der Waals surface area (Å²) >= 11 is 0. The summed E-state index contributed by atoms with van der Waals surface area (Å²) in [6.07, 6.45) is -0.595. The number of hydrogen-bond donors (Lipinski definition) is 1. The van der Waals surface area contributed by atoms with Gasteiger partial charge >= 0.3 is 6.18 Å². The highest BCUT2D eigenvalue weighted by atomic mass is 19.4. The fourth-order valence-electron chi connectivity index (χ4n) is 2.88. The molecule has 1 aromatic carbocycles. The van der Waals surface area contributed by atoms with Crippen molar-refractivity contribution in [2.75, 3.05) is 18.0 Å². The van der Waals surface area contributed by atoms with Gasteiger partial charge in [-0.15, -0.1) is 0 Å². The van der Waals surface area contributed by atoms with Gasteiger partial charge in [-0.05, 0) is 50.4 Å². The smallest absolute Gasteiger partial charge is 0.368 e. The lowest BCUT2D eigenvalue weighted by molar-refractivity contribution is -0.137. The molecule has 0 aliphatic carbocycles. The topological polar surface area (TPSA) is 53.0 Å². The van der Waals surface area contributed by atoms with Crippen molar-refractivity contribution < 1.29 is 13.2 Å². The number of alkyl halides is 3. The largest absolute Gasteiger partial charge is 0.417 e. The van der Waals surface area contributed by atoms with Gasteiger partial charge < -0.3 is 10.6 Å². The van der Waals surface area contributed by atoms with E-state index in [1.165, 1.54) is 12.1 Å². The van der Waals surface area contributed by atoms with Crippen molar-refractivity contribution in [2.24, 2.45) is 5.73 Å². The Morgan fingerprint density at radius 1 is 1.33 bits per heavy atom. The third-order valence-electron chi connectivity index (χ3n) is 3.89. The van der Waals surface area contributed by atoms with Crippen LogP contribution in [0.25, 0.3) is 0 Å². The predicted molar refractivity (Wildman–Crippen MR) is 74.8 cm³/mol. The first kappa shape index (κ1) is 15.6. The number of benzene rings is 1. The van der Waals surface area contributed by atoms with E-state index in [-0.39, 0.29) is 11.6 Å². The minimum Gasteiger partial charge on any atom is -0.368 e. The van der Waals surface area contributed by atoms with E-state index in [0.717, 1.165) is 38.3 Å². The van der Waals surface area contributed by atoms with Gasteiger partial charge in [0.25, 0.3) is 0 Å². The van der Waals surface area contributed by atoms with Crippen molar-refractivity contribution in [3.05, 3.63) is 29.3 Å². The zero-order valence-corrected chi connectivity index (χ0v) is 11.7. The molecule has 1 heterocycles. The van der Waals surface area contributed by atoms with Gasteiger partial charge in [0.15, 0.2) is 0 Å². The average molecular weight is 297 g/mol. The molecule has 1 aliphatic rings. The van der Waals surface area contributed by atoms with Crippen molar-refractivity contribution >= 4 is 5.69 Å². The molecule has 0 saturated carbocycles. The summed E-state index contributed by atoms with van der Waals surface area (Å²) < 4.78 is 38.5. The highest BCUT2D eigenvalue weighted by Crippen LogP contribution is 2.35. The Labute approximate surface area is 122 Å². The van der Waals surface area contributed by atoms with Crippen molar-refractivity contribution in [2.45, 2.75) is 37.9 Å². The molecule has 0 radical (unpaired) electrons. The highest BCUT2D eigenvalue weighted by molar-refractivity contribution is 5.56. The second kappa shape index (κ2) is 6.35. The molecule has 0 spiro atoms. The van der Waals surface area contributed by atoms with Gasteiger partial charge in [-0.3, -0.25) is 0 Å². The van der Waals surface area contributed by atoms with Gasteiger partial charge in [-0.2, -0.15) is 18.4 Å². The first-order valence-electron chi connectivity index (χ1n) is 7.05. The van der Waals surface area contributed by atoms with E-state index in [2.05, 4.69) is 4.90 Å². The lowest BCUT2D eigenvalue weighted by atomic mass is 9.97. The van der Waals surface area contributed by atoms with E-state index < -0.39 is 11.7 Å². The fourth-order valence-corrected chi connectivity index (χ4v) is 2.88. The molecule has 1 fully saturated rings. The van der Waals surface area contributed by atoms with Crippen molar-refractivity contribution in [1.29, 1.82) is 5.26 Å². The first-order valence-corrected chi connectivity index (χ1v) is 7.05. The quantitative estimate of drug-likeness (QED) is 0.931. The van der Waals surface area contributed by atoms with Crippen LogP contribution < -0.4 is 10.6 Å². The molecule has 2 rings (SSSR count). The van der Waals surface area contributed by atoms with Crippen LogP contribution in [0.4, 0.5) is 18.9 Å². The second-order valence-corrected chi connectivity index (χ2v) is 5.26. The number of nitrogens with zero attached hydrogens (tertiary/aromatic N) is 2. The maximum absolute atomic E-state index is 12.8. The van der Waals surface area contributed by atoms with E-state index in [1.807, 2.05) is 0 Å². The molecule has 114 valence electrons. The number of nitriles is 1. The maximum Gasteiger partial charge on any atom is 0.417 e. The van der Waals surface area contributed by atoms with E-state index in [1.54, 1.807) is 6.07 Å². The molecule has 0 amide bonds. The van der Waals surface area contributed by atoms with Crippen LogP contribution in [0.3, 0.4) is 0 Å². The van der Waals surface area contributed by atoms with Gasteiger partial charge in [0, 0.05) is 18.3 Å². The van der Waals surface area contributed by atoms with Crippen molar-refractivity contribution in [1.82, 2.24) is 0 Å². The lowest BCUT2D eigenvalue weighted by Crippen LogP contribution is -2.40. The molecule has 21 heavy (non-hydrogen) atoms. The Hall–Kier alpha value is -1.74. The van der Waals surface area contributed by atoms with E-state index in [9.17, 15) is 13.2 Å². The van der Waals surface area contributed by atoms with Gasteiger partial charge in [-0.25, -0.2) is 0 Å². The minimum atomic E-state index is -4.50. The molecule has 2 N–H and O–H groups in total. The SMILES string of the molecule is N#Cc1cc(N2CCCCC2CCN)ccc1C(F)(F)F. The lowest BCUT2D eigenvalue weighted by Gasteiger charge is -2.37. The monoisotopic (exact) mass is 297 g/mol. The molecule has 1 atom stereocenters. The number of nitrogens with two attached hydrogens (primary N) is 1. The molecule has 1 unspecified atom stereocenters. The number of hydrogen-bond acceptors (Lipinski definition) is 3. The zero-order valence-electron chi connectivity index (χ0n) is 11.7. The molecule has 0 bridgehead atoms. The van der Waals surface area contributed by atoms with E-state index in [0.29, 0.717) is 12.2 Å². The fraction of sp³-hybridized carbons (Fsp3) is 0.533. The van der Waals surface area contributed by atoms with Crippen LogP contribution >= 0.6 is 0 Å². The Balaban J connectivity index is 2.34. The van der Waals surface area contributed by atoms with Crippen LogP contribution in [0.1, 0.15) is 36.8 Å². The third kappa shape index (κ3) is 3.48. The van der Waals surface area contributed by atoms with Gasteiger partial charge in [0.1, 0.15) is 0 Å². The van der Waals surface area contributed by atoms with Gasteiger partial charge in [0.05, 0.1) is 17.2 Å². The normalized spacial score (nSPS) is 19.4. The van der Waals surface area contributed by atoms with Gasteiger partial charge in [0.2, 0.25) is 0 Å². The Kier molecular flexibility index (Phi) is 4.73. The Morgan fingerprint density at radius 2 is 2.10 bits per heavy atom. The highest BCUT2D eigenvalue weighted by Gasteiger charge is 2.34. The molecular weight excluding hydrogens is 279 g/mol. The average Bonchev–Trinajstić information content (AvgIpc) is 2.46. The molecule has 1 aromatic rings. The molecular formula is C15H18F3N3. The third-order valence-corrected chi connectivity index (χ3v) is 3.89. The summed E-state index contributed by atoms with van der Waals surface area (Å²) in [6.45, 7) is 1.34. The first-order chi connectivity index (χ1) is 9.97. The summed E-state index contributed by atoms with van der Waals surface area (Å²) in [5, 5.41) is 8.99. The van der Waals surface area contributed by atoms with Crippen LogP contribution in [0.15, 0.2) is 18.2 Å². The zero-order chi connectivity index (χ0) is 15.5. The van der Waals surface area contributed by atoms with Crippen molar-refractivity contribution in [3.63, 3.8) is 0 Å². The van der Waals surface area contributed by atoms with E-state index >= 15 is 0 Å². The summed E-state index contributed by atoms with van der Waals surface area (Å²) in [7, 11) is 0. The Morgan fingerprint density at radius 3 is 2.71 bits per heavy atom. The van der Waals surface area contributed by atoms with Crippen LogP contribution in [-0.2, 0) is 6.18 Å². The number of piperidine rings is 1. The molecule has 6 heteroatoms. The maximum atomic E-state index is 12.8. The van der Waals surface area contributed by atoms with E-state index in [4.69, 9.17) is 11.0 Å². The molecule has 0 aromatic heterocycles. The molecule has 3 nitrogen and oxygen atoms in total. The van der Waals surface area contributed by atoms with Crippen molar-refractivity contribution in [3.8, 4) is 6.07 Å². The summed E-state index contributed by atoms with van der Waals surface area (Å²) in [5.74, 6) is 0. The predicted octanol–water partition coefficient (Wildman–Crippen LogP) is 3.28. The minimum absolute atomic E-state index is 0.243. The molecule has 1 aliphatic heterocycles. The number of halogens is 3. The van der Waals surface area contributed by atoms with Crippen LogP contribution in [0.2, 0.25) is 0 Å². The summed E-state index contributed by atoms with van der Waals surface area (Å²) in [6, 6.07) is 5.70. The van der Waals surface area contributed by atoms with Gasteiger partial charge in [-0.1, -0.05) is 0 Å². The number of rotatable bonds is 3. The summed E-state index contributed by atoms with van der Waals surface area (Å²) in [4.78, 5) is 2.08. The van der Waals surface area contributed by atoms with Crippen LogP contribution in [0, 0.1) is 11.3 Å².